The molecule has 0 saturated carbocycles. The fourth-order valence-corrected chi connectivity index (χ4v) is 1.37. The third-order valence-electron chi connectivity index (χ3n) is 2.25. The third-order valence-corrected chi connectivity index (χ3v) is 2.25. The maximum Gasteiger partial charge on any atom is 0.157 e. The Balaban J connectivity index is 1.98. The predicted octanol–water partition coefficient (Wildman–Crippen LogP) is 0.243. The van der Waals surface area contributed by atoms with Crippen LogP contribution in [0.5, 0.6) is 0 Å². The van der Waals surface area contributed by atoms with Gasteiger partial charge in [0.2, 0.25) is 0 Å². The minimum absolute atomic E-state index is 0.00614. The molecule has 0 aromatic rings. The van der Waals surface area contributed by atoms with Gasteiger partial charge in [-0.15, -0.1) is 0 Å². The molecule has 15 heavy (non-hydrogen) atoms. The SMILES string of the molecule is B/C(C=N)=C/NCCOC1CCCCO1. The van der Waals surface area contributed by atoms with Crippen molar-refractivity contribution >= 4 is 14.1 Å². The maximum absolute atomic E-state index is 6.96. The van der Waals surface area contributed by atoms with Gasteiger partial charge in [0.25, 0.3) is 0 Å². The minimum Gasteiger partial charge on any atom is -0.389 e. The molecule has 1 rings (SSSR count). The molecule has 1 aliphatic rings. The number of hydrogen-bond donors (Lipinski definition) is 2. The Hall–Kier alpha value is -0.805. The van der Waals surface area contributed by atoms with Crippen molar-refractivity contribution in [3.63, 3.8) is 0 Å². The van der Waals surface area contributed by atoms with Crippen LogP contribution in [0.25, 0.3) is 0 Å². The van der Waals surface area contributed by atoms with Crippen molar-refractivity contribution in [3.05, 3.63) is 11.7 Å². The summed E-state index contributed by atoms with van der Waals surface area (Å²) in [4.78, 5) is 0. The summed E-state index contributed by atoms with van der Waals surface area (Å²) in [6, 6.07) is 0. The number of rotatable bonds is 6. The van der Waals surface area contributed by atoms with Crippen LogP contribution in [0.4, 0.5) is 0 Å². The van der Waals surface area contributed by atoms with Gasteiger partial charge in [-0.05, 0) is 25.5 Å². The van der Waals surface area contributed by atoms with Crippen molar-refractivity contribution in [2.45, 2.75) is 25.6 Å². The first-order chi connectivity index (χ1) is 7.33. The third kappa shape index (κ3) is 5.59. The number of nitrogens with one attached hydrogen (secondary N) is 2. The number of allylic oxidation sites excluding steroid dienone is 1. The van der Waals surface area contributed by atoms with E-state index in [4.69, 9.17) is 14.9 Å². The van der Waals surface area contributed by atoms with Crippen LogP contribution in [0.15, 0.2) is 11.7 Å². The van der Waals surface area contributed by atoms with Crippen LogP contribution in [0, 0.1) is 5.41 Å². The summed E-state index contributed by atoms with van der Waals surface area (Å²) in [5, 5.41) is 10.0. The van der Waals surface area contributed by atoms with Gasteiger partial charge in [-0.1, -0.05) is 5.47 Å². The van der Waals surface area contributed by atoms with Gasteiger partial charge in [-0.3, -0.25) is 0 Å². The van der Waals surface area contributed by atoms with Crippen LogP contribution >= 0.6 is 0 Å². The minimum atomic E-state index is -0.00614. The molecule has 5 heteroatoms. The monoisotopic (exact) mass is 210 g/mol. The zero-order chi connectivity index (χ0) is 10.9. The molecule has 1 heterocycles. The Morgan fingerprint density at radius 1 is 1.60 bits per heavy atom. The van der Waals surface area contributed by atoms with E-state index in [1.165, 1.54) is 12.6 Å². The molecule has 2 N–H and O–H groups in total. The Morgan fingerprint density at radius 3 is 3.13 bits per heavy atom. The average Bonchev–Trinajstić information content (AvgIpc) is 2.29. The summed E-state index contributed by atoms with van der Waals surface area (Å²) in [7, 11) is 1.88. The van der Waals surface area contributed by atoms with E-state index in [1.807, 2.05) is 14.0 Å². The molecule has 4 nitrogen and oxygen atoms in total. The van der Waals surface area contributed by atoms with Gasteiger partial charge in [0.15, 0.2) is 6.29 Å². The molecular weight excluding hydrogens is 191 g/mol. The zero-order valence-electron chi connectivity index (χ0n) is 9.29. The fourth-order valence-electron chi connectivity index (χ4n) is 1.37. The standard InChI is InChI=1S/C10H19BN2O2/c11-9(7-12)8-13-4-6-15-10-3-1-2-5-14-10/h7-8,10,12-13H,1-6,11H2/b9-8+,12-7?. The lowest BCUT2D eigenvalue weighted by molar-refractivity contribution is -0.161. The summed E-state index contributed by atoms with van der Waals surface area (Å²) in [6.07, 6.45) is 6.49. The van der Waals surface area contributed by atoms with Gasteiger partial charge >= 0.3 is 0 Å². The van der Waals surface area contributed by atoms with Crippen LogP contribution in [0.3, 0.4) is 0 Å². The number of hydrogen-bond acceptors (Lipinski definition) is 4. The van der Waals surface area contributed by atoms with Crippen molar-refractivity contribution in [1.29, 1.82) is 5.41 Å². The Bertz CT molecular complexity index is 215. The van der Waals surface area contributed by atoms with Crippen LogP contribution < -0.4 is 5.32 Å². The molecule has 0 bridgehead atoms. The quantitative estimate of drug-likeness (QED) is 0.375. The lowest BCUT2D eigenvalue weighted by atomic mass is 9.99. The smallest absolute Gasteiger partial charge is 0.157 e. The van der Waals surface area contributed by atoms with E-state index in [9.17, 15) is 0 Å². The summed E-state index contributed by atoms with van der Waals surface area (Å²) < 4.78 is 11.0. The molecule has 0 radical (unpaired) electrons. The summed E-state index contributed by atoms with van der Waals surface area (Å²) >= 11 is 0. The highest BCUT2D eigenvalue weighted by Gasteiger charge is 2.12. The second kappa shape index (κ2) is 7.48. The first-order valence-corrected chi connectivity index (χ1v) is 5.47. The zero-order valence-corrected chi connectivity index (χ0v) is 9.29. The van der Waals surface area contributed by atoms with Crippen molar-refractivity contribution in [2.24, 2.45) is 0 Å². The molecule has 0 aromatic heterocycles. The molecule has 0 spiro atoms. The van der Waals surface area contributed by atoms with E-state index in [0.717, 1.165) is 31.5 Å². The van der Waals surface area contributed by atoms with Crippen LogP contribution in [0.2, 0.25) is 0 Å². The molecule has 1 saturated heterocycles. The predicted molar refractivity (Wildman–Crippen MR) is 63.0 cm³/mol. The molecular formula is C10H19BN2O2. The van der Waals surface area contributed by atoms with Crippen molar-refractivity contribution in [2.75, 3.05) is 19.8 Å². The lowest BCUT2D eigenvalue weighted by Crippen LogP contribution is -2.25. The van der Waals surface area contributed by atoms with Crippen molar-refractivity contribution in [1.82, 2.24) is 5.32 Å². The average molecular weight is 210 g/mol. The van der Waals surface area contributed by atoms with E-state index in [0.29, 0.717) is 6.61 Å². The Labute approximate surface area is 91.9 Å². The highest BCUT2D eigenvalue weighted by Crippen LogP contribution is 2.12. The van der Waals surface area contributed by atoms with Crippen LogP contribution in [0.1, 0.15) is 19.3 Å². The van der Waals surface area contributed by atoms with E-state index >= 15 is 0 Å². The Morgan fingerprint density at radius 2 is 2.47 bits per heavy atom. The van der Waals surface area contributed by atoms with Gasteiger partial charge in [0.1, 0.15) is 7.85 Å². The molecule has 1 fully saturated rings. The highest BCUT2D eigenvalue weighted by molar-refractivity contribution is 6.32. The van der Waals surface area contributed by atoms with E-state index in [-0.39, 0.29) is 6.29 Å². The topological polar surface area (TPSA) is 54.3 Å². The highest BCUT2D eigenvalue weighted by atomic mass is 16.7. The molecule has 0 aromatic carbocycles. The van der Waals surface area contributed by atoms with E-state index in [1.54, 1.807) is 0 Å². The summed E-state index contributed by atoms with van der Waals surface area (Å²) in [5.74, 6) is 0. The van der Waals surface area contributed by atoms with Crippen molar-refractivity contribution < 1.29 is 9.47 Å². The second-order valence-corrected chi connectivity index (χ2v) is 3.65. The summed E-state index contributed by atoms with van der Waals surface area (Å²) in [5.41, 5.74) is 0.906. The normalized spacial score (nSPS) is 22.4. The first kappa shape index (κ1) is 12.3. The molecule has 84 valence electrons. The number of ether oxygens (including phenoxy) is 2. The molecule has 0 amide bonds. The molecule has 0 aliphatic carbocycles. The molecule has 1 unspecified atom stereocenters. The van der Waals surface area contributed by atoms with Crippen molar-refractivity contribution in [3.8, 4) is 0 Å². The van der Waals surface area contributed by atoms with Gasteiger partial charge in [-0.25, -0.2) is 0 Å². The van der Waals surface area contributed by atoms with Crippen LogP contribution in [-0.2, 0) is 9.47 Å². The maximum atomic E-state index is 6.96. The molecule has 1 aliphatic heterocycles. The lowest BCUT2D eigenvalue weighted by Gasteiger charge is -2.22. The van der Waals surface area contributed by atoms with Gasteiger partial charge in [0, 0.05) is 19.4 Å². The van der Waals surface area contributed by atoms with Gasteiger partial charge in [0.05, 0.1) is 6.61 Å². The van der Waals surface area contributed by atoms with Gasteiger partial charge < -0.3 is 20.2 Å². The first-order valence-electron chi connectivity index (χ1n) is 5.47. The van der Waals surface area contributed by atoms with E-state index < -0.39 is 0 Å². The Kier molecular flexibility index (Phi) is 6.12. The summed E-state index contributed by atoms with van der Waals surface area (Å²) in [6.45, 7) is 2.22. The fraction of sp³-hybridized carbons (Fsp3) is 0.700. The van der Waals surface area contributed by atoms with Gasteiger partial charge in [-0.2, -0.15) is 0 Å². The molecule has 1 atom stereocenters. The second-order valence-electron chi connectivity index (χ2n) is 3.65. The van der Waals surface area contributed by atoms with E-state index in [2.05, 4.69) is 5.32 Å². The largest absolute Gasteiger partial charge is 0.389 e. The van der Waals surface area contributed by atoms with Crippen LogP contribution in [-0.4, -0.2) is 40.1 Å².